The molecular formula is C19H26N4O2S. The molecule has 6 nitrogen and oxygen atoms in total. The Hall–Kier alpha value is -1.73. The molecule has 26 heavy (non-hydrogen) atoms. The normalized spacial score (nSPS) is 19.6. The molecule has 7 heteroatoms. The van der Waals surface area contributed by atoms with E-state index >= 15 is 0 Å². The van der Waals surface area contributed by atoms with Crippen molar-refractivity contribution in [2.45, 2.75) is 64.0 Å². The van der Waals surface area contributed by atoms with Crippen molar-refractivity contribution < 1.29 is 9.53 Å². The molecule has 1 aliphatic carbocycles. The predicted octanol–water partition coefficient (Wildman–Crippen LogP) is 3.65. The van der Waals surface area contributed by atoms with Crippen LogP contribution >= 0.6 is 11.3 Å². The van der Waals surface area contributed by atoms with Crippen molar-refractivity contribution in [2.75, 3.05) is 18.4 Å². The van der Waals surface area contributed by atoms with E-state index in [1.807, 2.05) is 6.92 Å². The summed E-state index contributed by atoms with van der Waals surface area (Å²) in [6, 6.07) is 0.409. The van der Waals surface area contributed by atoms with Crippen LogP contribution < -0.4 is 10.6 Å². The highest BCUT2D eigenvalue weighted by Crippen LogP contribution is 2.35. The molecule has 3 heterocycles. The summed E-state index contributed by atoms with van der Waals surface area (Å²) < 4.78 is 5.77. The van der Waals surface area contributed by atoms with E-state index in [4.69, 9.17) is 4.74 Å². The number of aryl methyl sites for hydroxylation is 1. The number of rotatable bonds is 4. The van der Waals surface area contributed by atoms with E-state index in [1.165, 1.54) is 17.8 Å². The Labute approximate surface area is 157 Å². The first-order chi connectivity index (χ1) is 12.7. The molecule has 0 amide bonds. The molecule has 1 aliphatic heterocycles. The van der Waals surface area contributed by atoms with Crippen molar-refractivity contribution >= 4 is 33.3 Å². The molecule has 4 rings (SSSR count). The van der Waals surface area contributed by atoms with Crippen LogP contribution in [0.15, 0.2) is 6.33 Å². The van der Waals surface area contributed by atoms with E-state index in [0.717, 1.165) is 73.2 Å². The van der Waals surface area contributed by atoms with Crippen LogP contribution in [-0.2, 0) is 4.74 Å². The van der Waals surface area contributed by atoms with Crippen LogP contribution in [0.4, 0.5) is 5.82 Å². The molecule has 2 aromatic rings. The largest absolute Gasteiger partial charge is 0.458 e. The Morgan fingerprint density at radius 3 is 2.73 bits per heavy atom. The lowest BCUT2D eigenvalue weighted by Gasteiger charge is -2.24. The molecule has 0 spiro atoms. The highest BCUT2D eigenvalue weighted by molar-refractivity contribution is 7.20. The third-order valence-corrected chi connectivity index (χ3v) is 6.60. The van der Waals surface area contributed by atoms with Gasteiger partial charge in [0.05, 0.1) is 5.39 Å². The molecule has 0 bridgehead atoms. The Morgan fingerprint density at radius 2 is 1.96 bits per heavy atom. The lowest BCUT2D eigenvalue weighted by molar-refractivity contribution is 0.0216. The minimum Gasteiger partial charge on any atom is -0.458 e. The summed E-state index contributed by atoms with van der Waals surface area (Å²) in [4.78, 5) is 23.1. The molecule has 0 aromatic carbocycles. The number of carbonyl (C=O) groups excluding carboxylic acids is 1. The second-order valence-corrected chi connectivity index (χ2v) is 8.29. The lowest BCUT2D eigenvalue weighted by atomic mass is 9.98. The second kappa shape index (κ2) is 7.88. The maximum atomic E-state index is 12.7. The van der Waals surface area contributed by atoms with Crippen LogP contribution in [0.5, 0.6) is 0 Å². The van der Waals surface area contributed by atoms with Crippen molar-refractivity contribution in [2.24, 2.45) is 0 Å². The maximum absolute atomic E-state index is 12.7. The van der Waals surface area contributed by atoms with Gasteiger partial charge in [0.1, 0.15) is 28.0 Å². The first-order valence-electron chi connectivity index (χ1n) is 9.64. The van der Waals surface area contributed by atoms with Crippen molar-refractivity contribution in [1.82, 2.24) is 15.3 Å². The number of nitrogens with zero attached hydrogens (tertiary/aromatic N) is 2. The number of hydrogen-bond donors (Lipinski definition) is 2. The molecule has 0 radical (unpaired) electrons. The van der Waals surface area contributed by atoms with Gasteiger partial charge in [0.2, 0.25) is 0 Å². The molecule has 0 atom stereocenters. The molecule has 2 fully saturated rings. The van der Waals surface area contributed by atoms with Gasteiger partial charge in [0.15, 0.2) is 0 Å². The molecule has 1 saturated heterocycles. The highest BCUT2D eigenvalue weighted by atomic mass is 32.1. The number of anilines is 1. The Morgan fingerprint density at radius 1 is 1.19 bits per heavy atom. The van der Waals surface area contributed by atoms with Crippen LogP contribution in [0.2, 0.25) is 0 Å². The molecule has 2 aromatic heterocycles. The molecule has 1 saturated carbocycles. The average Bonchev–Trinajstić information content (AvgIpc) is 3.01. The number of piperidine rings is 1. The minimum atomic E-state index is -0.204. The third kappa shape index (κ3) is 3.69. The smallest absolute Gasteiger partial charge is 0.348 e. The van der Waals surface area contributed by atoms with Gasteiger partial charge in [-0.2, -0.15) is 0 Å². The van der Waals surface area contributed by atoms with E-state index < -0.39 is 0 Å². The van der Waals surface area contributed by atoms with Crippen molar-refractivity contribution in [1.29, 1.82) is 0 Å². The van der Waals surface area contributed by atoms with E-state index in [-0.39, 0.29) is 12.1 Å². The van der Waals surface area contributed by atoms with Crippen molar-refractivity contribution in [3.05, 3.63) is 16.8 Å². The Bertz CT molecular complexity index is 779. The molecular weight excluding hydrogens is 348 g/mol. The molecule has 0 unspecified atom stereocenters. The highest BCUT2D eigenvalue weighted by Gasteiger charge is 2.25. The van der Waals surface area contributed by atoms with E-state index in [0.29, 0.717) is 10.9 Å². The fourth-order valence-corrected chi connectivity index (χ4v) is 4.95. The number of fused-ring (bicyclic) bond motifs is 1. The van der Waals surface area contributed by atoms with Crippen LogP contribution in [0.3, 0.4) is 0 Å². The summed E-state index contributed by atoms with van der Waals surface area (Å²) in [5.74, 6) is 0.637. The fraction of sp³-hybridized carbons (Fsp3) is 0.632. The number of hydrogen-bond acceptors (Lipinski definition) is 7. The first-order valence-corrected chi connectivity index (χ1v) is 10.5. The van der Waals surface area contributed by atoms with E-state index in [9.17, 15) is 4.79 Å². The zero-order valence-electron chi connectivity index (χ0n) is 15.2. The third-order valence-electron chi connectivity index (χ3n) is 5.42. The number of nitrogens with one attached hydrogen (secondary N) is 2. The number of carbonyl (C=O) groups is 1. The van der Waals surface area contributed by atoms with Gasteiger partial charge in [-0.05, 0) is 64.1 Å². The van der Waals surface area contributed by atoms with Crippen molar-refractivity contribution in [3.8, 4) is 0 Å². The molecule has 2 aliphatic rings. The van der Waals surface area contributed by atoms with Crippen molar-refractivity contribution in [3.63, 3.8) is 0 Å². The van der Waals surface area contributed by atoms with Gasteiger partial charge in [-0.25, -0.2) is 14.8 Å². The zero-order valence-corrected chi connectivity index (χ0v) is 16.0. The first kappa shape index (κ1) is 17.7. The second-order valence-electron chi connectivity index (χ2n) is 7.29. The van der Waals surface area contributed by atoms with Crippen LogP contribution in [0.25, 0.3) is 10.2 Å². The maximum Gasteiger partial charge on any atom is 0.348 e. The predicted molar refractivity (Wildman–Crippen MR) is 104 cm³/mol. The quantitative estimate of drug-likeness (QED) is 0.796. The van der Waals surface area contributed by atoms with Gasteiger partial charge >= 0.3 is 5.97 Å². The monoisotopic (exact) mass is 374 g/mol. The van der Waals surface area contributed by atoms with Crippen LogP contribution in [-0.4, -0.2) is 41.2 Å². The SMILES string of the molecule is Cc1c(C(=O)OC2CCCCC2)sc2ncnc(NC3CCNCC3)c12. The topological polar surface area (TPSA) is 76.1 Å². The number of aromatic nitrogens is 2. The number of thiophene rings is 1. The standard InChI is InChI=1S/C19H26N4O2S/c1-12-15-17(23-13-7-9-20-10-8-13)21-11-22-18(15)26-16(12)19(24)25-14-5-3-2-4-6-14/h11,13-14,20H,2-10H2,1H3,(H,21,22,23). The Kier molecular flexibility index (Phi) is 5.36. The van der Waals surface area contributed by atoms with Gasteiger partial charge in [-0.1, -0.05) is 6.42 Å². The van der Waals surface area contributed by atoms with Crippen LogP contribution in [0, 0.1) is 6.92 Å². The fourth-order valence-electron chi connectivity index (χ4n) is 3.92. The molecule has 2 N–H and O–H groups in total. The van der Waals surface area contributed by atoms with Gasteiger partial charge in [0.25, 0.3) is 0 Å². The minimum absolute atomic E-state index is 0.0688. The zero-order chi connectivity index (χ0) is 17.9. The van der Waals surface area contributed by atoms with Gasteiger partial charge < -0.3 is 15.4 Å². The van der Waals surface area contributed by atoms with E-state index in [2.05, 4.69) is 20.6 Å². The summed E-state index contributed by atoms with van der Waals surface area (Å²) in [6.07, 6.45) is 9.32. The van der Waals surface area contributed by atoms with Gasteiger partial charge in [0, 0.05) is 6.04 Å². The van der Waals surface area contributed by atoms with Gasteiger partial charge in [-0.15, -0.1) is 11.3 Å². The summed E-state index contributed by atoms with van der Waals surface area (Å²) in [7, 11) is 0. The summed E-state index contributed by atoms with van der Waals surface area (Å²) in [6.45, 7) is 4.02. The van der Waals surface area contributed by atoms with E-state index in [1.54, 1.807) is 6.33 Å². The summed E-state index contributed by atoms with van der Waals surface area (Å²) >= 11 is 1.42. The van der Waals surface area contributed by atoms with Gasteiger partial charge in [-0.3, -0.25) is 0 Å². The summed E-state index contributed by atoms with van der Waals surface area (Å²) in [5, 5.41) is 7.90. The lowest BCUT2D eigenvalue weighted by Crippen LogP contribution is -2.35. The number of esters is 1. The molecule has 140 valence electrons. The Balaban J connectivity index is 1.57. The average molecular weight is 375 g/mol. The van der Waals surface area contributed by atoms with Crippen LogP contribution in [0.1, 0.15) is 60.2 Å². The number of ether oxygens (including phenoxy) is 1. The summed E-state index contributed by atoms with van der Waals surface area (Å²) in [5.41, 5.74) is 0.933.